The number of carbonyl (C=O) groups is 2. The van der Waals surface area contributed by atoms with Gasteiger partial charge in [-0.15, -0.1) is 0 Å². The summed E-state index contributed by atoms with van der Waals surface area (Å²) in [7, 11) is 5.70. The monoisotopic (exact) mass is 1600 g/mol. The second kappa shape index (κ2) is 33.9. The standard InChI is InChI=1S/C23H21N7O.C22H20N8O.C22H18N8.C22H21N7/c1-15(31)17-5-3-4-16(12-17)6-8-20-26-22(23(27-20)19-10-11-29(2)28-19)18-7-9-21-24-14-25-30(21)13-18;1-13(2)29-10-9-17(28-29)20-19(16-7-8-18-24-12-25-30(18)11-16)26-22(27-20)15-5-3-14(4-6-15)21(23)31;1-29-11-10-18(28-29)22-21(17-7-9-20-24-14-25-30(20)13-17)26-19(27-22)8-6-15-4-2-3-5-16(15)12-23;1-15-4-3-5-16(12-15)6-8-19-25-21(22(26-19)18-10-11-28(2)27-18)17-7-9-20-23-14-24-29(20)13-17/h3-5,7,9-14H,6,8H2,1-2H3,(H,26,27);3-13H,1-2H3,(H2,23,31)(H,26,27);2-5,7,9-11,13-14H,6,8H2,1H3,(H,26,27);3-5,7,9-14H,6,8H2,1-2H3,(H,25,26). The number of aryl methyl sites for hydroxylation is 10. The lowest BCUT2D eigenvalue weighted by molar-refractivity contribution is 0.0996. The Hall–Kier alpha value is -16.3. The van der Waals surface area contributed by atoms with Crippen LogP contribution >= 0.6 is 0 Å². The number of benzene rings is 4. The number of pyridine rings is 4. The summed E-state index contributed by atoms with van der Waals surface area (Å²) in [6, 6.07) is 57.1. The first kappa shape index (κ1) is 77.3. The van der Waals surface area contributed by atoms with E-state index in [-0.39, 0.29) is 11.8 Å². The van der Waals surface area contributed by atoms with Crippen molar-refractivity contribution < 1.29 is 9.59 Å². The number of Topliss-reactive ketones (excluding diaryl/α,β-unsaturated/α-hetero) is 1. The summed E-state index contributed by atoms with van der Waals surface area (Å²) in [5.41, 5.74) is 29.6. The minimum Gasteiger partial charge on any atom is -0.366 e. The van der Waals surface area contributed by atoms with Crippen molar-refractivity contribution in [3.8, 4) is 108 Å². The van der Waals surface area contributed by atoms with Gasteiger partial charge in [0.05, 0.1) is 51.5 Å². The maximum absolute atomic E-state index is 11.7. The fourth-order valence-corrected chi connectivity index (χ4v) is 14.2. The van der Waals surface area contributed by atoms with E-state index in [1.165, 1.54) is 30.1 Å². The molecule has 20 aromatic rings. The minimum atomic E-state index is -0.465. The van der Waals surface area contributed by atoms with Crippen LogP contribution in [0.1, 0.15) is 92.8 Å². The molecule has 20 rings (SSSR count). The van der Waals surface area contributed by atoms with Crippen molar-refractivity contribution in [1.29, 1.82) is 5.26 Å². The minimum absolute atomic E-state index is 0.0723. The average Bonchev–Trinajstić information content (AvgIpc) is 1.67. The molecule has 16 heterocycles. The molecule has 0 aliphatic heterocycles. The number of nitrogens with one attached hydrogen (secondary N) is 4. The van der Waals surface area contributed by atoms with E-state index >= 15 is 0 Å². The first-order valence-electron chi connectivity index (χ1n) is 39.1. The number of ketones is 1. The zero-order valence-corrected chi connectivity index (χ0v) is 67.0. The summed E-state index contributed by atoms with van der Waals surface area (Å²) in [4.78, 5) is 73.3. The second-order valence-electron chi connectivity index (χ2n) is 29.3. The van der Waals surface area contributed by atoms with Crippen molar-refractivity contribution >= 4 is 34.3 Å². The van der Waals surface area contributed by atoms with E-state index in [1.54, 1.807) is 57.5 Å². The predicted octanol–water partition coefficient (Wildman–Crippen LogP) is 13.6. The summed E-state index contributed by atoms with van der Waals surface area (Å²) in [5, 5.41) is 44.7. The van der Waals surface area contributed by atoms with Crippen LogP contribution in [0.2, 0.25) is 0 Å². The first-order valence-corrected chi connectivity index (χ1v) is 39.1. The van der Waals surface area contributed by atoms with Crippen molar-refractivity contribution in [1.82, 2.24) is 137 Å². The zero-order valence-electron chi connectivity index (χ0n) is 67.0. The molecule has 0 bridgehead atoms. The van der Waals surface area contributed by atoms with Crippen LogP contribution in [0.4, 0.5) is 0 Å². The second-order valence-corrected chi connectivity index (χ2v) is 29.3. The molecule has 0 aliphatic carbocycles. The van der Waals surface area contributed by atoms with Gasteiger partial charge < -0.3 is 25.7 Å². The van der Waals surface area contributed by atoms with Gasteiger partial charge in [-0.05, 0) is 161 Å². The number of aromatic amines is 4. The van der Waals surface area contributed by atoms with Crippen molar-refractivity contribution in [3.05, 3.63) is 301 Å². The van der Waals surface area contributed by atoms with Crippen LogP contribution in [0.3, 0.4) is 0 Å². The molecule has 0 spiro atoms. The molecular formula is C89H80N30O2. The number of imidazole rings is 4. The van der Waals surface area contributed by atoms with Gasteiger partial charge in [-0.3, -0.25) is 28.3 Å². The number of H-pyrrole nitrogens is 4. The molecule has 598 valence electrons. The summed E-state index contributed by atoms with van der Waals surface area (Å²) >= 11 is 0. The lowest BCUT2D eigenvalue weighted by atomic mass is 10.0. The number of hydrogen-bond acceptors (Lipinski definition) is 19. The van der Waals surface area contributed by atoms with Crippen LogP contribution in [0.5, 0.6) is 0 Å². The third kappa shape index (κ3) is 17.2. The number of hydrogen-bond donors (Lipinski definition) is 5. The molecule has 0 saturated carbocycles. The van der Waals surface area contributed by atoms with Gasteiger partial charge in [0, 0.05) is 135 Å². The van der Waals surface area contributed by atoms with E-state index in [4.69, 9.17) is 30.8 Å². The van der Waals surface area contributed by atoms with E-state index < -0.39 is 5.91 Å². The lowest BCUT2D eigenvalue weighted by Gasteiger charge is -2.04. The van der Waals surface area contributed by atoms with E-state index in [0.29, 0.717) is 29.8 Å². The normalized spacial score (nSPS) is 11.3. The van der Waals surface area contributed by atoms with Crippen LogP contribution in [-0.4, -0.2) is 149 Å². The SMILES string of the molecule is CC(=O)c1cccc(CCc2nc(-c3ccc4ncnn4c3)c(-c3ccn(C)n3)[nH]2)c1.CC(C)n1ccc(-c2[nH]c(-c3ccc(C(N)=O)cc3)nc2-c2ccc3ncnn3c2)n1.Cc1cccc(CCc2nc(-c3ccc4ncnn4c3)c(-c3ccn(C)n3)[nH]2)c1.Cn1ccc(-c2[nH]c(CCc3ccccc3C#N)nc2-c2ccc3ncnn3c2)n1. The number of amides is 1. The number of primary amides is 1. The van der Waals surface area contributed by atoms with Gasteiger partial charge in [0.1, 0.15) is 77.1 Å². The quantitative estimate of drug-likeness (QED) is 0.0417. The predicted molar refractivity (Wildman–Crippen MR) is 455 cm³/mol. The molecule has 1 amide bonds. The third-order valence-corrected chi connectivity index (χ3v) is 20.4. The number of rotatable bonds is 21. The summed E-state index contributed by atoms with van der Waals surface area (Å²) in [5.74, 6) is 2.93. The van der Waals surface area contributed by atoms with Gasteiger partial charge in [-0.25, -0.2) is 57.9 Å². The number of aromatic nitrogens is 28. The Morgan fingerprint density at radius 2 is 0.826 bits per heavy atom. The fraction of sp³-hybridized carbons (Fsp3) is 0.157. The van der Waals surface area contributed by atoms with Crippen LogP contribution in [-0.2, 0) is 59.7 Å². The molecule has 121 heavy (non-hydrogen) atoms. The van der Waals surface area contributed by atoms with E-state index in [0.717, 1.165) is 179 Å². The highest BCUT2D eigenvalue weighted by atomic mass is 16.1. The number of nitriles is 1. The Labute approximate surface area is 691 Å². The largest absolute Gasteiger partial charge is 0.366 e. The van der Waals surface area contributed by atoms with Crippen LogP contribution in [0.15, 0.2) is 245 Å². The van der Waals surface area contributed by atoms with E-state index in [1.807, 2.05) is 209 Å². The van der Waals surface area contributed by atoms with Gasteiger partial charge in [-0.1, -0.05) is 78.4 Å². The molecule has 0 unspecified atom stereocenters. The molecule has 0 aliphatic rings. The number of carbonyl (C=O) groups excluding carboxylic acids is 2. The van der Waals surface area contributed by atoms with Crippen molar-refractivity contribution in [2.24, 2.45) is 26.9 Å². The average molecular weight is 1600 g/mol. The molecule has 32 nitrogen and oxygen atoms in total. The Bertz CT molecular complexity index is 7150. The van der Waals surface area contributed by atoms with E-state index in [9.17, 15) is 14.9 Å². The molecule has 0 radical (unpaired) electrons. The highest BCUT2D eigenvalue weighted by Gasteiger charge is 2.24. The molecule has 16 aromatic heterocycles. The van der Waals surface area contributed by atoms with Gasteiger partial charge in [-0.2, -0.15) is 46.1 Å². The van der Waals surface area contributed by atoms with Gasteiger partial charge in [0.2, 0.25) is 5.91 Å². The Morgan fingerprint density at radius 1 is 0.421 bits per heavy atom. The summed E-state index contributed by atoms with van der Waals surface area (Å²) < 4.78 is 14.2. The number of nitrogens with zero attached hydrogens (tertiary/aromatic N) is 25. The summed E-state index contributed by atoms with van der Waals surface area (Å²) in [6.07, 6.45) is 26.2. The van der Waals surface area contributed by atoms with Crippen molar-refractivity contribution in [3.63, 3.8) is 0 Å². The van der Waals surface area contributed by atoms with Crippen molar-refractivity contribution in [2.75, 3.05) is 0 Å². The molecule has 0 saturated heterocycles. The smallest absolute Gasteiger partial charge is 0.248 e. The van der Waals surface area contributed by atoms with Crippen LogP contribution in [0, 0.1) is 18.3 Å². The highest BCUT2D eigenvalue weighted by molar-refractivity contribution is 5.94. The maximum Gasteiger partial charge on any atom is 0.248 e. The molecule has 6 N–H and O–H groups in total. The van der Waals surface area contributed by atoms with Gasteiger partial charge in [0.15, 0.2) is 28.4 Å². The third-order valence-electron chi connectivity index (χ3n) is 20.4. The summed E-state index contributed by atoms with van der Waals surface area (Å²) in [6.45, 7) is 7.86. The van der Waals surface area contributed by atoms with Crippen LogP contribution in [0.25, 0.3) is 125 Å². The molecule has 4 aromatic carbocycles. The van der Waals surface area contributed by atoms with Gasteiger partial charge >= 0.3 is 0 Å². The number of fused-ring (bicyclic) bond motifs is 4. The van der Waals surface area contributed by atoms with Crippen molar-refractivity contribution in [2.45, 2.75) is 72.3 Å². The Kier molecular flexibility index (Phi) is 21.6. The van der Waals surface area contributed by atoms with Crippen LogP contribution < -0.4 is 5.73 Å². The maximum atomic E-state index is 11.7. The number of nitrogens with two attached hydrogens (primary N) is 1. The zero-order chi connectivity index (χ0) is 83.2. The highest BCUT2D eigenvalue weighted by Crippen LogP contribution is 2.36. The lowest BCUT2D eigenvalue weighted by Crippen LogP contribution is -2.10. The Balaban J connectivity index is 0.000000115. The molecule has 0 atom stereocenters. The molecule has 32 heteroatoms. The Morgan fingerprint density at radius 3 is 1.24 bits per heavy atom. The first-order chi connectivity index (χ1) is 58.9. The van der Waals surface area contributed by atoms with Gasteiger partial charge in [0.25, 0.3) is 0 Å². The molecule has 0 fully saturated rings. The molecular weight excluding hydrogens is 1520 g/mol. The van der Waals surface area contributed by atoms with E-state index in [2.05, 4.69) is 127 Å². The topological polar surface area (TPSA) is 391 Å². The fourth-order valence-electron chi connectivity index (χ4n) is 14.2.